The van der Waals surface area contributed by atoms with Crippen molar-refractivity contribution in [1.29, 1.82) is 0 Å². The second kappa shape index (κ2) is 3.54. The van der Waals surface area contributed by atoms with Crippen molar-refractivity contribution in [2.45, 2.75) is 51.7 Å². The van der Waals surface area contributed by atoms with Gasteiger partial charge in [-0.3, -0.25) is 4.79 Å². The maximum atomic E-state index is 11.8. The van der Waals surface area contributed by atoms with Crippen LogP contribution in [0, 0.1) is 0 Å². The third kappa shape index (κ3) is 1.42. The van der Waals surface area contributed by atoms with Crippen LogP contribution in [0.25, 0.3) is 0 Å². The number of rotatable bonds is 2. The van der Waals surface area contributed by atoms with Crippen LogP contribution in [0.15, 0.2) is 0 Å². The average Bonchev–Trinajstić information content (AvgIpc) is 2.22. The zero-order valence-corrected chi connectivity index (χ0v) is 10.5. The first-order valence-electron chi connectivity index (χ1n) is 4.75. The van der Waals surface area contributed by atoms with Crippen molar-refractivity contribution >= 4 is 29.5 Å². The van der Waals surface area contributed by atoms with Gasteiger partial charge in [0.1, 0.15) is 11.2 Å². The van der Waals surface area contributed by atoms with Crippen molar-refractivity contribution in [2.24, 2.45) is 0 Å². The Morgan fingerprint density at radius 3 is 2.07 bits per heavy atom. The molecule has 82 valence electrons. The molecule has 1 aliphatic heterocycles. The van der Waals surface area contributed by atoms with Gasteiger partial charge in [0.15, 0.2) is 0 Å². The fourth-order valence-corrected chi connectivity index (χ4v) is 2.53. The highest BCUT2D eigenvalue weighted by Gasteiger charge is 2.57. The molecule has 0 saturated carbocycles. The highest BCUT2D eigenvalue weighted by atomic mass is 35.5. The molecule has 5 heteroatoms. The molecule has 1 atom stereocenters. The fraction of sp³-hybridized carbons (Fsp3) is 0.889. The number of nitrogens with zero attached hydrogens (tertiary/aromatic N) is 2. The summed E-state index contributed by atoms with van der Waals surface area (Å²) in [6, 6.07) is 0. The van der Waals surface area contributed by atoms with E-state index in [4.69, 9.17) is 23.6 Å². The standard InChI is InChI=1S/C9H16Cl2N2O/c1-5-6-9(4)12(10)7(14)8(2,3)13(9)11/h5-6H2,1-4H3. The van der Waals surface area contributed by atoms with E-state index in [9.17, 15) is 4.79 Å². The van der Waals surface area contributed by atoms with Crippen LogP contribution in [0.3, 0.4) is 0 Å². The number of halogens is 2. The van der Waals surface area contributed by atoms with Crippen LogP contribution in [0.4, 0.5) is 0 Å². The summed E-state index contributed by atoms with van der Waals surface area (Å²) in [5, 5.41) is 0. The lowest BCUT2D eigenvalue weighted by atomic mass is 10.0. The number of hydrogen-bond acceptors (Lipinski definition) is 2. The predicted molar refractivity (Wildman–Crippen MR) is 57.8 cm³/mol. The maximum absolute atomic E-state index is 11.8. The smallest absolute Gasteiger partial charge is 0.259 e. The Balaban J connectivity index is 3.06. The van der Waals surface area contributed by atoms with E-state index >= 15 is 0 Å². The van der Waals surface area contributed by atoms with Crippen LogP contribution in [0.1, 0.15) is 40.5 Å². The first-order chi connectivity index (χ1) is 6.28. The molecular formula is C9H16Cl2N2O. The second-order valence-electron chi connectivity index (χ2n) is 4.39. The molecule has 1 aliphatic rings. The van der Waals surface area contributed by atoms with Crippen LogP contribution < -0.4 is 0 Å². The van der Waals surface area contributed by atoms with Crippen LogP contribution in [0.5, 0.6) is 0 Å². The Bertz CT molecular complexity index is 257. The third-order valence-corrected chi connectivity index (χ3v) is 4.07. The van der Waals surface area contributed by atoms with Gasteiger partial charge in [-0.1, -0.05) is 13.3 Å². The first kappa shape index (κ1) is 12.1. The summed E-state index contributed by atoms with van der Waals surface area (Å²) in [5.41, 5.74) is -1.31. The van der Waals surface area contributed by atoms with Crippen molar-refractivity contribution in [3.63, 3.8) is 0 Å². The normalized spacial score (nSPS) is 32.7. The minimum atomic E-state index is -0.729. The summed E-state index contributed by atoms with van der Waals surface area (Å²) in [4.78, 5) is 11.8. The molecule has 1 amide bonds. The molecule has 0 aliphatic carbocycles. The van der Waals surface area contributed by atoms with Gasteiger partial charge in [-0.2, -0.15) is 4.42 Å². The van der Waals surface area contributed by atoms with Gasteiger partial charge in [-0.05, 0) is 39.0 Å². The molecule has 1 unspecified atom stereocenters. The molecule has 0 spiro atoms. The van der Waals surface area contributed by atoms with Gasteiger partial charge in [0, 0.05) is 11.8 Å². The van der Waals surface area contributed by atoms with Crippen molar-refractivity contribution in [3.8, 4) is 0 Å². The van der Waals surface area contributed by atoms with Crippen molar-refractivity contribution < 1.29 is 4.79 Å². The zero-order chi connectivity index (χ0) is 11.1. The number of carbonyl (C=O) groups excluding carboxylic acids is 1. The summed E-state index contributed by atoms with van der Waals surface area (Å²) < 4.78 is 2.75. The molecule has 0 bridgehead atoms. The SMILES string of the molecule is CCCC1(C)N(Cl)C(=O)C(C)(C)N1Cl. The minimum absolute atomic E-state index is 0.148. The van der Waals surface area contributed by atoms with E-state index in [1.807, 2.05) is 13.8 Å². The van der Waals surface area contributed by atoms with E-state index in [1.54, 1.807) is 13.8 Å². The first-order valence-corrected chi connectivity index (χ1v) is 5.42. The van der Waals surface area contributed by atoms with Crippen LogP contribution in [-0.4, -0.2) is 25.9 Å². The van der Waals surface area contributed by atoms with E-state index in [0.29, 0.717) is 0 Å². The predicted octanol–water partition coefficient (Wildman–Crippen LogP) is 2.73. The van der Waals surface area contributed by atoms with Gasteiger partial charge in [0.25, 0.3) is 5.91 Å². The van der Waals surface area contributed by atoms with Gasteiger partial charge in [0.2, 0.25) is 0 Å². The highest BCUT2D eigenvalue weighted by molar-refractivity contribution is 6.27. The molecule has 3 nitrogen and oxygen atoms in total. The lowest BCUT2D eigenvalue weighted by Crippen LogP contribution is -2.46. The molecule has 1 saturated heterocycles. The van der Waals surface area contributed by atoms with Gasteiger partial charge in [0.05, 0.1) is 0 Å². The molecule has 0 radical (unpaired) electrons. The van der Waals surface area contributed by atoms with Gasteiger partial charge >= 0.3 is 0 Å². The van der Waals surface area contributed by atoms with E-state index in [0.717, 1.165) is 12.8 Å². The average molecular weight is 239 g/mol. The molecule has 1 fully saturated rings. The zero-order valence-electron chi connectivity index (χ0n) is 8.97. The van der Waals surface area contributed by atoms with Gasteiger partial charge in [-0.25, -0.2) is 4.42 Å². The lowest BCUT2D eigenvalue weighted by molar-refractivity contribution is -0.129. The Hall–Kier alpha value is 0.01000. The van der Waals surface area contributed by atoms with Crippen molar-refractivity contribution in [2.75, 3.05) is 0 Å². The van der Waals surface area contributed by atoms with Crippen molar-refractivity contribution in [1.82, 2.24) is 8.84 Å². The van der Waals surface area contributed by atoms with E-state index < -0.39 is 11.2 Å². The Kier molecular flexibility index (Phi) is 3.06. The summed E-state index contributed by atoms with van der Waals surface area (Å²) in [5.74, 6) is -0.148. The molecule has 14 heavy (non-hydrogen) atoms. The summed E-state index contributed by atoms with van der Waals surface area (Å²) >= 11 is 12.2. The molecule has 0 N–H and O–H groups in total. The second-order valence-corrected chi connectivity index (χ2v) is 5.07. The number of carbonyl (C=O) groups is 1. The minimum Gasteiger partial charge on any atom is -0.271 e. The Morgan fingerprint density at radius 2 is 1.79 bits per heavy atom. The highest BCUT2D eigenvalue weighted by Crippen LogP contribution is 2.43. The molecule has 1 heterocycles. The maximum Gasteiger partial charge on any atom is 0.259 e. The molecule has 0 aromatic carbocycles. The van der Waals surface area contributed by atoms with E-state index in [2.05, 4.69) is 0 Å². The number of amides is 1. The van der Waals surface area contributed by atoms with E-state index in [-0.39, 0.29) is 5.91 Å². The monoisotopic (exact) mass is 238 g/mol. The molecular weight excluding hydrogens is 223 g/mol. The van der Waals surface area contributed by atoms with Crippen molar-refractivity contribution in [3.05, 3.63) is 0 Å². The lowest BCUT2D eigenvalue weighted by Gasteiger charge is -2.35. The molecule has 0 aromatic rings. The number of hydrogen-bond donors (Lipinski definition) is 0. The summed E-state index contributed by atoms with van der Waals surface area (Å²) in [7, 11) is 0. The van der Waals surface area contributed by atoms with Gasteiger partial charge in [-0.15, -0.1) is 0 Å². The van der Waals surface area contributed by atoms with Gasteiger partial charge < -0.3 is 0 Å². The summed E-state index contributed by atoms with van der Waals surface area (Å²) in [6.45, 7) is 7.47. The molecule has 0 aromatic heterocycles. The molecule has 1 rings (SSSR count). The quantitative estimate of drug-likeness (QED) is 0.692. The van der Waals surface area contributed by atoms with Crippen LogP contribution in [-0.2, 0) is 4.79 Å². The third-order valence-electron chi connectivity index (χ3n) is 2.76. The Morgan fingerprint density at radius 1 is 1.29 bits per heavy atom. The van der Waals surface area contributed by atoms with Crippen LogP contribution >= 0.6 is 23.6 Å². The fourth-order valence-electron chi connectivity index (χ4n) is 1.89. The Labute approximate surface area is 95.2 Å². The van der Waals surface area contributed by atoms with Crippen LogP contribution in [0.2, 0.25) is 0 Å². The van der Waals surface area contributed by atoms with E-state index in [1.165, 1.54) is 8.84 Å². The summed E-state index contributed by atoms with van der Waals surface area (Å²) in [6.07, 6.45) is 1.68. The largest absolute Gasteiger partial charge is 0.271 e. The topological polar surface area (TPSA) is 23.6 Å².